The first-order valence-corrected chi connectivity index (χ1v) is 6.83. The number of anilines is 1. The van der Waals surface area contributed by atoms with Crippen LogP contribution in [0.3, 0.4) is 0 Å². The fourth-order valence-electron chi connectivity index (χ4n) is 2.37. The van der Waals surface area contributed by atoms with Crippen molar-refractivity contribution in [1.29, 1.82) is 0 Å². The molecular weight excluding hydrogens is 262 g/mol. The Balaban J connectivity index is 1.90. The van der Waals surface area contributed by atoms with Crippen LogP contribution in [0.25, 0.3) is 5.69 Å². The zero-order valence-corrected chi connectivity index (χ0v) is 11.3. The third kappa shape index (κ3) is 2.72. The monoisotopic (exact) mass is 277 g/mol. The molecule has 1 aromatic carbocycles. The lowest BCUT2D eigenvalue weighted by Gasteiger charge is -2.26. The van der Waals surface area contributed by atoms with Crippen LogP contribution in [0.2, 0.25) is 5.02 Å². The summed E-state index contributed by atoms with van der Waals surface area (Å²) in [6.45, 7) is 2.10. The van der Waals surface area contributed by atoms with Crippen molar-refractivity contribution >= 4 is 17.3 Å². The van der Waals surface area contributed by atoms with Crippen LogP contribution in [0.4, 0.5) is 5.69 Å². The summed E-state index contributed by atoms with van der Waals surface area (Å²) < 4.78 is 1.70. The van der Waals surface area contributed by atoms with Crippen LogP contribution >= 0.6 is 11.6 Å². The molecule has 0 amide bonds. The van der Waals surface area contributed by atoms with E-state index in [-0.39, 0.29) is 0 Å². The van der Waals surface area contributed by atoms with Crippen molar-refractivity contribution in [3.63, 3.8) is 0 Å². The molecule has 19 heavy (non-hydrogen) atoms. The number of piperidine rings is 1. The van der Waals surface area contributed by atoms with Crippen LogP contribution in [0, 0.1) is 0 Å². The highest BCUT2D eigenvalue weighted by Crippen LogP contribution is 2.29. The van der Waals surface area contributed by atoms with Gasteiger partial charge >= 0.3 is 0 Å². The van der Waals surface area contributed by atoms with Gasteiger partial charge in [0.1, 0.15) is 18.3 Å². The molecule has 0 bridgehead atoms. The number of hydrogen-bond acceptors (Lipinski definition) is 4. The van der Waals surface area contributed by atoms with Crippen molar-refractivity contribution in [2.75, 3.05) is 18.4 Å². The third-order valence-corrected chi connectivity index (χ3v) is 3.64. The fraction of sp³-hybridized carbons (Fsp3) is 0.385. The van der Waals surface area contributed by atoms with Crippen molar-refractivity contribution in [3.8, 4) is 5.69 Å². The van der Waals surface area contributed by atoms with Crippen molar-refractivity contribution in [2.24, 2.45) is 0 Å². The molecule has 2 aromatic rings. The molecule has 3 rings (SSSR count). The van der Waals surface area contributed by atoms with Gasteiger partial charge in [-0.1, -0.05) is 17.7 Å². The lowest BCUT2D eigenvalue weighted by molar-refractivity contribution is 0.479. The van der Waals surface area contributed by atoms with E-state index >= 15 is 0 Å². The summed E-state index contributed by atoms with van der Waals surface area (Å²) in [5.41, 5.74) is 1.87. The molecule has 0 unspecified atom stereocenters. The molecule has 0 aliphatic carbocycles. The van der Waals surface area contributed by atoms with Gasteiger partial charge in [0.2, 0.25) is 0 Å². The highest BCUT2D eigenvalue weighted by Gasteiger charge is 2.16. The van der Waals surface area contributed by atoms with E-state index in [9.17, 15) is 0 Å². The minimum atomic E-state index is 0.474. The standard InChI is InChI=1S/C13H16ClN5/c14-11-2-1-3-12(13(11)19-9-16-8-17-19)18-10-4-6-15-7-5-10/h1-3,8-10,15,18H,4-7H2. The van der Waals surface area contributed by atoms with Gasteiger partial charge in [-0.15, -0.1) is 0 Å². The van der Waals surface area contributed by atoms with Crippen LogP contribution in [0.1, 0.15) is 12.8 Å². The molecule has 2 N–H and O–H groups in total. The summed E-state index contributed by atoms with van der Waals surface area (Å²) in [7, 11) is 0. The molecule has 1 aliphatic rings. The molecule has 1 fully saturated rings. The second kappa shape index (κ2) is 5.59. The SMILES string of the molecule is Clc1cccc(NC2CCNCC2)c1-n1cncn1. The number of nitrogens with zero attached hydrogens (tertiary/aromatic N) is 3. The maximum absolute atomic E-state index is 6.30. The van der Waals surface area contributed by atoms with Gasteiger partial charge in [0.05, 0.1) is 10.7 Å². The number of nitrogens with one attached hydrogen (secondary N) is 2. The average molecular weight is 278 g/mol. The summed E-state index contributed by atoms with van der Waals surface area (Å²) in [6.07, 6.45) is 5.40. The van der Waals surface area contributed by atoms with Gasteiger partial charge in [-0.3, -0.25) is 0 Å². The quantitative estimate of drug-likeness (QED) is 0.902. The normalized spacial score (nSPS) is 16.5. The third-order valence-electron chi connectivity index (χ3n) is 3.33. The second-order valence-corrected chi connectivity index (χ2v) is 5.05. The Kier molecular flexibility index (Phi) is 3.66. The molecule has 100 valence electrons. The van der Waals surface area contributed by atoms with E-state index in [4.69, 9.17) is 11.6 Å². The lowest BCUT2D eigenvalue weighted by Crippen LogP contribution is -2.35. The van der Waals surface area contributed by atoms with Crippen LogP contribution in [0.15, 0.2) is 30.9 Å². The molecule has 0 saturated carbocycles. The molecule has 0 atom stereocenters. The topological polar surface area (TPSA) is 54.8 Å². The Labute approximate surface area is 117 Å². The number of aromatic nitrogens is 3. The van der Waals surface area contributed by atoms with Crippen LogP contribution < -0.4 is 10.6 Å². The van der Waals surface area contributed by atoms with Gasteiger partial charge in [0.15, 0.2) is 0 Å². The van der Waals surface area contributed by atoms with E-state index in [2.05, 4.69) is 20.7 Å². The lowest BCUT2D eigenvalue weighted by atomic mass is 10.1. The number of halogens is 1. The highest BCUT2D eigenvalue weighted by atomic mass is 35.5. The Morgan fingerprint density at radius 2 is 2.16 bits per heavy atom. The molecule has 0 radical (unpaired) electrons. The minimum Gasteiger partial charge on any atom is -0.380 e. The van der Waals surface area contributed by atoms with E-state index < -0.39 is 0 Å². The Bertz CT molecular complexity index is 534. The molecule has 6 heteroatoms. The molecule has 0 spiro atoms. The van der Waals surface area contributed by atoms with E-state index in [0.717, 1.165) is 37.3 Å². The smallest absolute Gasteiger partial charge is 0.138 e. The van der Waals surface area contributed by atoms with Crippen molar-refractivity contribution in [2.45, 2.75) is 18.9 Å². The van der Waals surface area contributed by atoms with Gasteiger partial charge in [-0.05, 0) is 38.1 Å². The summed E-state index contributed by atoms with van der Waals surface area (Å²) in [5, 5.41) is 11.8. The Morgan fingerprint density at radius 3 is 2.89 bits per heavy atom. The number of para-hydroxylation sites is 1. The van der Waals surface area contributed by atoms with Crippen LogP contribution in [-0.2, 0) is 0 Å². The largest absolute Gasteiger partial charge is 0.380 e. The summed E-state index contributed by atoms with van der Waals surface area (Å²) in [6, 6.07) is 6.32. The first kappa shape index (κ1) is 12.4. The maximum Gasteiger partial charge on any atom is 0.138 e. The molecule has 1 saturated heterocycles. The zero-order chi connectivity index (χ0) is 13.1. The molecule has 1 aliphatic heterocycles. The van der Waals surface area contributed by atoms with Gasteiger partial charge in [-0.2, -0.15) is 5.10 Å². The highest BCUT2D eigenvalue weighted by molar-refractivity contribution is 6.33. The summed E-state index contributed by atoms with van der Waals surface area (Å²) in [5.74, 6) is 0. The van der Waals surface area contributed by atoms with Crippen molar-refractivity contribution in [1.82, 2.24) is 20.1 Å². The number of rotatable bonds is 3. The van der Waals surface area contributed by atoms with Crippen LogP contribution in [0.5, 0.6) is 0 Å². The average Bonchev–Trinajstić information content (AvgIpc) is 2.94. The van der Waals surface area contributed by atoms with E-state index in [1.807, 2.05) is 18.2 Å². The molecule has 1 aromatic heterocycles. The molecule has 5 nitrogen and oxygen atoms in total. The van der Waals surface area contributed by atoms with E-state index in [0.29, 0.717) is 11.1 Å². The second-order valence-electron chi connectivity index (χ2n) is 4.64. The zero-order valence-electron chi connectivity index (χ0n) is 10.5. The maximum atomic E-state index is 6.30. The van der Waals surface area contributed by atoms with Gasteiger partial charge in [-0.25, -0.2) is 9.67 Å². The fourth-order valence-corrected chi connectivity index (χ4v) is 2.64. The Hall–Kier alpha value is -1.59. The number of hydrogen-bond donors (Lipinski definition) is 2. The van der Waals surface area contributed by atoms with Crippen molar-refractivity contribution in [3.05, 3.63) is 35.9 Å². The number of benzene rings is 1. The van der Waals surface area contributed by atoms with Gasteiger partial charge in [0, 0.05) is 6.04 Å². The predicted molar refractivity (Wildman–Crippen MR) is 75.9 cm³/mol. The first-order chi connectivity index (χ1) is 9.34. The predicted octanol–water partition coefficient (Wildman–Crippen LogP) is 2.08. The molecular formula is C13H16ClN5. The van der Waals surface area contributed by atoms with Gasteiger partial charge in [0.25, 0.3) is 0 Å². The minimum absolute atomic E-state index is 0.474. The van der Waals surface area contributed by atoms with E-state index in [1.165, 1.54) is 6.33 Å². The molecule has 2 heterocycles. The Morgan fingerprint density at radius 1 is 1.32 bits per heavy atom. The van der Waals surface area contributed by atoms with Crippen molar-refractivity contribution < 1.29 is 0 Å². The van der Waals surface area contributed by atoms with Gasteiger partial charge < -0.3 is 10.6 Å². The summed E-state index contributed by atoms with van der Waals surface area (Å²) in [4.78, 5) is 3.98. The summed E-state index contributed by atoms with van der Waals surface area (Å²) >= 11 is 6.30. The van der Waals surface area contributed by atoms with E-state index in [1.54, 1.807) is 11.0 Å². The van der Waals surface area contributed by atoms with Crippen LogP contribution in [-0.4, -0.2) is 33.9 Å². The first-order valence-electron chi connectivity index (χ1n) is 6.45.